The quantitative estimate of drug-likeness (QED) is 0.730. The summed E-state index contributed by atoms with van der Waals surface area (Å²) in [5.41, 5.74) is 1.04. The van der Waals surface area contributed by atoms with E-state index in [9.17, 15) is 5.11 Å². The summed E-state index contributed by atoms with van der Waals surface area (Å²) >= 11 is 0. The van der Waals surface area contributed by atoms with Crippen molar-refractivity contribution in [3.63, 3.8) is 0 Å². The van der Waals surface area contributed by atoms with Gasteiger partial charge in [-0.15, -0.1) is 24.8 Å². The minimum absolute atomic E-state index is 0. The maximum Gasteiger partial charge on any atom is 0.123 e. The number of halogens is 2. The Labute approximate surface area is 176 Å². The zero-order chi connectivity index (χ0) is 18.4. The molecule has 1 saturated heterocycles. The third-order valence-corrected chi connectivity index (χ3v) is 4.81. The van der Waals surface area contributed by atoms with Gasteiger partial charge in [-0.05, 0) is 30.2 Å². The highest BCUT2D eigenvalue weighted by Crippen LogP contribution is 2.34. The maximum atomic E-state index is 10.4. The second kappa shape index (κ2) is 12.0. The Kier molecular flexibility index (Phi) is 11.7. The highest BCUT2D eigenvalue weighted by atomic mass is 35.5. The standard InChI is InChI=1S/C20H34N2O3.2ClH/c1-6-21-9-11-22(12-10-21)14-16(23)15-25-19-8-7-17(24-5)13-18(19)20(2,3)4;;/h7-8,13,16,23H,6,9-12,14-15H2,1-5H3;2*1H. The molecule has 5 nitrogen and oxygen atoms in total. The van der Waals surface area contributed by atoms with Crippen LogP contribution in [0.3, 0.4) is 0 Å². The number of methoxy groups -OCH3 is 1. The van der Waals surface area contributed by atoms with E-state index < -0.39 is 6.10 Å². The van der Waals surface area contributed by atoms with Crippen molar-refractivity contribution in [2.75, 3.05) is 53.0 Å². The molecule has 0 amide bonds. The molecule has 1 unspecified atom stereocenters. The summed E-state index contributed by atoms with van der Waals surface area (Å²) in [7, 11) is 1.67. The van der Waals surface area contributed by atoms with Gasteiger partial charge in [0.05, 0.1) is 7.11 Å². The van der Waals surface area contributed by atoms with E-state index in [1.165, 1.54) is 0 Å². The van der Waals surface area contributed by atoms with Crippen molar-refractivity contribution in [1.29, 1.82) is 0 Å². The molecule has 1 fully saturated rings. The number of β-amino-alcohol motifs (C(OH)–C–C–N with tert-alkyl or cyclic N) is 1. The first-order chi connectivity index (χ1) is 11.8. The van der Waals surface area contributed by atoms with Gasteiger partial charge in [-0.1, -0.05) is 27.7 Å². The van der Waals surface area contributed by atoms with Crippen LogP contribution in [0.2, 0.25) is 0 Å². The molecule has 1 aromatic rings. The van der Waals surface area contributed by atoms with Crippen LogP contribution in [0.15, 0.2) is 18.2 Å². The molecular formula is C20H36Cl2N2O3. The van der Waals surface area contributed by atoms with Gasteiger partial charge in [0, 0.05) is 38.3 Å². The summed E-state index contributed by atoms with van der Waals surface area (Å²) < 4.78 is 11.3. The van der Waals surface area contributed by atoms with E-state index in [-0.39, 0.29) is 30.2 Å². The molecule has 158 valence electrons. The summed E-state index contributed by atoms with van der Waals surface area (Å²) in [5, 5.41) is 10.4. The van der Waals surface area contributed by atoms with Crippen molar-refractivity contribution < 1.29 is 14.6 Å². The largest absolute Gasteiger partial charge is 0.497 e. The lowest BCUT2D eigenvalue weighted by atomic mass is 9.86. The molecule has 1 aromatic carbocycles. The Balaban J connectivity index is 0.00000338. The first-order valence-corrected chi connectivity index (χ1v) is 9.27. The molecule has 0 bridgehead atoms. The molecule has 1 atom stereocenters. The molecule has 27 heavy (non-hydrogen) atoms. The molecule has 0 aliphatic carbocycles. The van der Waals surface area contributed by atoms with E-state index in [0.29, 0.717) is 13.2 Å². The molecule has 0 saturated carbocycles. The van der Waals surface area contributed by atoms with Crippen LogP contribution in [0.1, 0.15) is 33.3 Å². The Morgan fingerprint density at radius 2 is 1.67 bits per heavy atom. The fourth-order valence-electron chi connectivity index (χ4n) is 3.17. The minimum Gasteiger partial charge on any atom is -0.497 e. The molecule has 0 spiro atoms. The van der Waals surface area contributed by atoms with Crippen LogP contribution in [0.5, 0.6) is 11.5 Å². The van der Waals surface area contributed by atoms with Crippen molar-refractivity contribution in [3.8, 4) is 11.5 Å². The van der Waals surface area contributed by atoms with Gasteiger partial charge in [-0.2, -0.15) is 0 Å². The monoisotopic (exact) mass is 422 g/mol. The zero-order valence-electron chi connectivity index (χ0n) is 17.2. The first kappa shape index (κ1) is 26.3. The van der Waals surface area contributed by atoms with Gasteiger partial charge >= 0.3 is 0 Å². The number of ether oxygens (including phenoxy) is 2. The SMILES string of the molecule is CCN1CCN(CC(O)COc2ccc(OC)cc2C(C)(C)C)CC1.Cl.Cl. The van der Waals surface area contributed by atoms with E-state index in [1.54, 1.807) is 7.11 Å². The topological polar surface area (TPSA) is 45.2 Å². The molecule has 2 rings (SSSR count). The van der Waals surface area contributed by atoms with E-state index in [4.69, 9.17) is 9.47 Å². The summed E-state index contributed by atoms with van der Waals surface area (Å²) in [4.78, 5) is 4.76. The van der Waals surface area contributed by atoms with Gasteiger partial charge in [0.2, 0.25) is 0 Å². The average molecular weight is 423 g/mol. The van der Waals surface area contributed by atoms with E-state index in [1.807, 2.05) is 18.2 Å². The average Bonchev–Trinajstić information content (AvgIpc) is 2.59. The number of hydrogen-bond acceptors (Lipinski definition) is 5. The highest BCUT2D eigenvalue weighted by Gasteiger charge is 2.22. The fraction of sp³-hybridized carbons (Fsp3) is 0.700. The number of nitrogens with zero attached hydrogens (tertiary/aromatic N) is 2. The third-order valence-electron chi connectivity index (χ3n) is 4.81. The zero-order valence-corrected chi connectivity index (χ0v) is 18.9. The van der Waals surface area contributed by atoms with Crippen LogP contribution in [-0.2, 0) is 5.41 Å². The van der Waals surface area contributed by atoms with Gasteiger partial charge < -0.3 is 19.5 Å². The van der Waals surface area contributed by atoms with Gasteiger partial charge in [0.25, 0.3) is 0 Å². The summed E-state index contributed by atoms with van der Waals surface area (Å²) in [6, 6.07) is 5.86. The predicted molar refractivity (Wildman–Crippen MR) is 116 cm³/mol. The first-order valence-electron chi connectivity index (χ1n) is 9.27. The molecule has 0 aromatic heterocycles. The highest BCUT2D eigenvalue weighted by molar-refractivity contribution is 5.85. The third kappa shape index (κ3) is 8.04. The molecule has 1 N–H and O–H groups in total. The number of benzene rings is 1. The van der Waals surface area contributed by atoms with Crippen molar-refractivity contribution in [1.82, 2.24) is 9.80 Å². The maximum absolute atomic E-state index is 10.4. The molecule has 1 heterocycles. The van der Waals surface area contributed by atoms with Crippen LogP contribution in [0.25, 0.3) is 0 Å². The van der Waals surface area contributed by atoms with Crippen LogP contribution in [0.4, 0.5) is 0 Å². The Bertz CT molecular complexity index is 545. The molecular weight excluding hydrogens is 387 g/mol. The number of hydrogen-bond donors (Lipinski definition) is 1. The van der Waals surface area contributed by atoms with E-state index in [2.05, 4.69) is 37.5 Å². The van der Waals surface area contributed by atoms with Crippen molar-refractivity contribution in [3.05, 3.63) is 23.8 Å². The lowest BCUT2D eigenvalue weighted by molar-refractivity contribution is 0.0466. The summed E-state index contributed by atoms with van der Waals surface area (Å²) in [6.45, 7) is 14.9. The molecule has 1 aliphatic heterocycles. The molecule has 0 radical (unpaired) electrons. The van der Waals surface area contributed by atoms with Crippen LogP contribution in [0, 0.1) is 0 Å². The second-order valence-electron chi connectivity index (χ2n) is 7.81. The number of likely N-dealkylation sites (N-methyl/N-ethyl adjacent to an activating group) is 1. The summed E-state index contributed by atoms with van der Waals surface area (Å²) in [5.74, 6) is 1.65. The normalized spacial score (nSPS) is 16.8. The van der Waals surface area contributed by atoms with Crippen molar-refractivity contribution in [2.24, 2.45) is 0 Å². The fourth-order valence-corrected chi connectivity index (χ4v) is 3.17. The Morgan fingerprint density at radius 3 is 2.19 bits per heavy atom. The van der Waals surface area contributed by atoms with Gasteiger partial charge in [0.1, 0.15) is 24.2 Å². The minimum atomic E-state index is -0.483. The van der Waals surface area contributed by atoms with Gasteiger partial charge in [-0.25, -0.2) is 0 Å². The van der Waals surface area contributed by atoms with Gasteiger partial charge in [-0.3, -0.25) is 4.90 Å². The second-order valence-corrected chi connectivity index (χ2v) is 7.81. The smallest absolute Gasteiger partial charge is 0.123 e. The van der Waals surface area contributed by atoms with Crippen molar-refractivity contribution in [2.45, 2.75) is 39.2 Å². The van der Waals surface area contributed by atoms with E-state index in [0.717, 1.165) is 49.8 Å². The summed E-state index contributed by atoms with van der Waals surface area (Å²) in [6.07, 6.45) is -0.483. The molecule has 1 aliphatic rings. The number of piperazine rings is 1. The van der Waals surface area contributed by atoms with Gasteiger partial charge in [0.15, 0.2) is 0 Å². The Hall–Kier alpha value is -0.720. The van der Waals surface area contributed by atoms with E-state index >= 15 is 0 Å². The van der Waals surface area contributed by atoms with Crippen LogP contribution >= 0.6 is 24.8 Å². The van der Waals surface area contributed by atoms with Crippen molar-refractivity contribution >= 4 is 24.8 Å². The molecule has 7 heteroatoms. The number of aliphatic hydroxyl groups is 1. The van der Waals surface area contributed by atoms with Crippen LogP contribution in [-0.4, -0.2) is 74.0 Å². The number of rotatable bonds is 7. The lowest BCUT2D eigenvalue weighted by Crippen LogP contribution is -2.49. The Morgan fingerprint density at radius 1 is 1.07 bits per heavy atom. The predicted octanol–water partition coefficient (Wildman–Crippen LogP) is 3.21. The lowest BCUT2D eigenvalue weighted by Gasteiger charge is -2.35. The number of aliphatic hydroxyl groups excluding tert-OH is 1. The van der Waals surface area contributed by atoms with Crippen LogP contribution < -0.4 is 9.47 Å².